The van der Waals surface area contributed by atoms with Gasteiger partial charge in [-0.05, 0) is 23.3 Å². The molecule has 9 nitrogen and oxygen atoms in total. The Hall–Kier alpha value is -3.88. The lowest BCUT2D eigenvalue weighted by molar-refractivity contribution is -0.423. The number of ether oxygens (including phenoxy) is 1. The first-order valence-electron chi connectivity index (χ1n) is 8.33. The lowest BCUT2D eigenvalue weighted by atomic mass is 9.93. The second-order valence-corrected chi connectivity index (χ2v) is 5.99. The number of aromatic nitrogens is 1. The van der Waals surface area contributed by atoms with Crippen molar-refractivity contribution in [3.8, 4) is 0 Å². The number of allylic oxidation sites excluding steroid dienone is 2. The molecule has 2 heterocycles. The molecule has 1 aliphatic rings. The van der Waals surface area contributed by atoms with E-state index < -0.39 is 16.9 Å². The Morgan fingerprint density at radius 1 is 1.29 bits per heavy atom. The van der Waals surface area contributed by atoms with Gasteiger partial charge in [0.2, 0.25) is 5.88 Å². The minimum atomic E-state index is -1.14. The number of nitrogens with one attached hydrogen (secondary N) is 2. The Balaban J connectivity index is 2.32. The van der Waals surface area contributed by atoms with Crippen LogP contribution in [0.2, 0.25) is 0 Å². The molecular formula is C19H18N4O5. The van der Waals surface area contributed by atoms with Crippen LogP contribution >= 0.6 is 0 Å². The monoisotopic (exact) mass is 382 g/mol. The highest BCUT2D eigenvalue weighted by atomic mass is 16.6. The molecule has 0 amide bonds. The molecule has 0 saturated heterocycles. The molecule has 0 spiro atoms. The van der Waals surface area contributed by atoms with Crippen LogP contribution in [0.25, 0.3) is 5.57 Å². The highest BCUT2D eigenvalue weighted by Gasteiger charge is 2.34. The largest absolute Gasteiger partial charge is 0.481 e. The number of nitro groups is 1. The first-order valence-corrected chi connectivity index (χ1v) is 8.33. The molecule has 0 unspecified atom stereocenters. The smallest absolute Gasteiger partial charge is 0.330 e. The molecule has 1 aliphatic heterocycles. The predicted molar refractivity (Wildman–Crippen MR) is 101 cm³/mol. The van der Waals surface area contributed by atoms with E-state index in [0.717, 1.165) is 0 Å². The lowest BCUT2D eigenvalue weighted by Gasteiger charge is -2.18. The highest BCUT2D eigenvalue weighted by molar-refractivity contribution is 5.89. The van der Waals surface area contributed by atoms with Gasteiger partial charge >= 0.3 is 5.97 Å². The molecule has 0 aliphatic carbocycles. The Bertz CT molecular complexity index is 985. The minimum absolute atomic E-state index is 0.0802. The maximum Gasteiger partial charge on any atom is 0.330 e. The number of aliphatic carboxylic acids is 1. The molecule has 0 bridgehead atoms. The molecule has 9 heteroatoms. The summed E-state index contributed by atoms with van der Waals surface area (Å²) in [5.74, 6) is -1.05. The van der Waals surface area contributed by atoms with Crippen LogP contribution in [0, 0.1) is 10.1 Å². The first-order chi connectivity index (χ1) is 13.4. The zero-order valence-electron chi connectivity index (χ0n) is 15.2. The van der Waals surface area contributed by atoms with Crippen molar-refractivity contribution in [2.24, 2.45) is 0 Å². The van der Waals surface area contributed by atoms with Crippen molar-refractivity contribution in [1.82, 2.24) is 10.3 Å². The number of anilines is 1. The Morgan fingerprint density at radius 3 is 2.57 bits per heavy atom. The fourth-order valence-corrected chi connectivity index (χ4v) is 3.03. The zero-order valence-corrected chi connectivity index (χ0v) is 15.2. The van der Waals surface area contributed by atoms with E-state index in [4.69, 9.17) is 4.74 Å². The van der Waals surface area contributed by atoms with Crippen LogP contribution in [0.4, 0.5) is 5.69 Å². The molecule has 0 radical (unpaired) electrons. The van der Waals surface area contributed by atoms with E-state index in [0.29, 0.717) is 16.8 Å². The van der Waals surface area contributed by atoms with E-state index in [1.54, 1.807) is 48.8 Å². The van der Waals surface area contributed by atoms with Crippen LogP contribution in [0.1, 0.15) is 24.1 Å². The summed E-state index contributed by atoms with van der Waals surface area (Å²) >= 11 is 0. The number of methoxy groups -OCH3 is 1. The number of hydrogen-bond donors (Lipinski definition) is 3. The number of benzene rings is 1. The molecule has 144 valence electrons. The lowest BCUT2D eigenvalue weighted by Crippen LogP contribution is -2.29. The van der Waals surface area contributed by atoms with E-state index in [2.05, 4.69) is 15.6 Å². The van der Waals surface area contributed by atoms with Crippen LogP contribution in [-0.4, -0.2) is 28.1 Å². The van der Waals surface area contributed by atoms with Crippen molar-refractivity contribution >= 4 is 17.2 Å². The van der Waals surface area contributed by atoms with Crippen molar-refractivity contribution < 1.29 is 19.6 Å². The molecule has 2 aromatic rings. The second-order valence-electron chi connectivity index (χ2n) is 5.99. The second kappa shape index (κ2) is 7.78. The van der Waals surface area contributed by atoms with Crippen molar-refractivity contribution in [2.75, 3.05) is 12.4 Å². The number of carboxylic acid groups (broad SMARTS) is 1. The standard InChI is InChI=1S/C19H18N4O5/c1-11(23(26)27)15-13-5-3-4-6-14(13)16(19(24)25)22-18(28-2)17(15)21-12-7-9-20-10-8-12/h3-10,16,22H,1-2H3,(H,20,21)(H,24,25)/b15-11+/t16-/m0/s1. The van der Waals surface area contributed by atoms with Crippen LogP contribution in [0.5, 0.6) is 0 Å². The third-order valence-corrected chi connectivity index (χ3v) is 4.33. The maximum atomic E-state index is 11.9. The van der Waals surface area contributed by atoms with Crippen LogP contribution in [-0.2, 0) is 9.53 Å². The van der Waals surface area contributed by atoms with Gasteiger partial charge in [-0.15, -0.1) is 0 Å². The summed E-state index contributed by atoms with van der Waals surface area (Å²) in [6, 6.07) is 8.89. The van der Waals surface area contributed by atoms with Crippen molar-refractivity contribution in [1.29, 1.82) is 0 Å². The van der Waals surface area contributed by atoms with Gasteiger partial charge in [0.25, 0.3) is 5.70 Å². The van der Waals surface area contributed by atoms with Crippen molar-refractivity contribution in [2.45, 2.75) is 13.0 Å². The average Bonchev–Trinajstić information content (AvgIpc) is 2.82. The molecule has 1 aromatic carbocycles. The van der Waals surface area contributed by atoms with Gasteiger partial charge in [-0.25, -0.2) is 4.79 Å². The van der Waals surface area contributed by atoms with E-state index in [1.165, 1.54) is 14.0 Å². The summed E-state index contributed by atoms with van der Waals surface area (Å²) in [4.78, 5) is 27.0. The summed E-state index contributed by atoms with van der Waals surface area (Å²) in [6.07, 6.45) is 3.13. The summed E-state index contributed by atoms with van der Waals surface area (Å²) in [6.45, 7) is 1.37. The number of hydrogen-bond acceptors (Lipinski definition) is 7. The number of rotatable bonds is 5. The van der Waals surface area contributed by atoms with E-state index in [-0.39, 0.29) is 22.9 Å². The summed E-state index contributed by atoms with van der Waals surface area (Å²) < 4.78 is 5.40. The first kappa shape index (κ1) is 18.9. The van der Waals surface area contributed by atoms with Gasteiger partial charge in [0.15, 0.2) is 6.04 Å². The molecule has 1 atom stereocenters. The highest BCUT2D eigenvalue weighted by Crippen LogP contribution is 2.37. The molecule has 28 heavy (non-hydrogen) atoms. The molecular weight excluding hydrogens is 364 g/mol. The van der Waals surface area contributed by atoms with Gasteiger partial charge in [-0.2, -0.15) is 0 Å². The van der Waals surface area contributed by atoms with Gasteiger partial charge in [0, 0.05) is 25.0 Å². The maximum absolute atomic E-state index is 11.9. The SMILES string of the molecule is COC1=C(Nc2ccncc2)/C(=C(\C)[N+](=O)[O-])c2ccccc2[C@@H](C(=O)O)N1. The molecule has 3 rings (SSSR count). The van der Waals surface area contributed by atoms with Crippen molar-refractivity contribution in [3.63, 3.8) is 0 Å². The van der Waals surface area contributed by atoms with E-state index in [1.807, 2.05) is 0 Å². The average molecular weight is 382 g/mol. The number of pyridine rings is 1. The topological polar surface area (TPSA) is 127 Å². The van der Waals surface area contributed by atoms with Crippen molar-refractivity contribution in [3.05, 3.63) is 87.3 Å². The van der Waals surface area contributed by atoms with Gasteiger partial charge in [0.05, 0.1) is 17.6 Å². The number of fused-ring (bicyclic) bond motifs is 1. The molecule has 1 aromatic heterocycles. The number of carbonyl (C=O) groups is 1. The van der Waals surface area contributed by atoms with Crippen LogP contribution < -0.4 is 10.6 Å². The summed E-state index contributed by atoms with van der Waals surface area (Å²) in [5.41, 5.74) is 1.80. The fraction of sp³-hybridized carbons (Fsp3) is 0.158. The van der Waals surface area contributed by atoms with Gasteiger partial charge in [0.1, 0.15) is 5.70 Å². The summed E-state index contributed by atoms with van der Waals surface area (Å²) in [7, 11) is 1.37. The quantitative estimate of drug-likeness (QED) is 0.532. The Labute approximate surface area is 160 Å². The number of carboxylic acids is 1. The van der Waals surface area contributed by atoms with Gasteiger partial charge < -0.3 is 20.5 Å². The predicted octanol–water partition coefficient (Wildman–Crippen LogP) is 2.75. The Morgan fingerprint density at radius 2 is 1.96 bits per heavy atom. The fourth-order valence-electron chi connectivity index (χ4n) is 3.03. The van der Waals surface area contributed by atoms with Crippen LogP contribution in [0.3, 0.4) is 0 Å². The van der Waals surface area contributed by atoms with Crippen LogP contribution in [0.15, 0.2) is 66.1 Å². The van der Waals surface area contributed by atoms with E-state index >= 15 is 0 Å². The van der Waals surface area contributed by atoms with Gasteiger partial charge in [-0.1, -0.05) is 24.3 Å². The minimum Gasteiger partial charge on any atom is -0.481 e. The summed E-state index contributed by atoms with van der Waals surface area (Å²) in [5, 5.41) is 27.3. The zero-order chi connectivity index (χ0) is 20.3. The molecule has 0 saturated carbocycles. The van der Waals surface area contributed by atoms with E-state index in [9.17, 15) is 20.0 Å². The molecule has 3 N–H and O–H groups in total. The number of nitrogens with zero attached hydrogens (tertiary/aromatic N) is 2. The third-order valence-electron chi connectivity index (χ3n) is 4.33. The third kappa shape index (κ3) is 3.50. The molecule has 0 fully saturated rings. The normalized spacial score (nSPS) is 17.7. The Kier molecular flexibility index (Phi) is 5.25. The van der Waals surface area contributed by atoms with Gasteiger partial charge in [-0.3, -0.25) is 15.1 Å².